The molecule has 2 aromatic heterocycles. The highest BCUT2D eigenvalue weighted by molar-refractivity contribution is 5.92. The lowest BCUT2D eigenvalue weighted by molar-refractivity contribution is -0.133. The second-order valence-electron chi connectivity index (χ2n) is 8.52. The van der Waals surface area contributed by atoms with Crippen molar-refractivity contribution < 1.29 is 9.59 Å². The number of hydrogen-bond acceptors (Lipinski definition) is 4. The Morgan fingerprint density at radius 2 is 1.87 bits per heavy atom. The van der Waals surface area contributed by atoms with Crippen LogP contribution in [0.2, 0.25) is 0 Å². The molecule has 160 valence electrons. The van der Waals surface area contributed by atoms with Crippen LogP contribution >= 0.6 is 0 Å². The number of likely N-dealkylation sites (tertiary alicyclic amines) is 2. The van der Waals surface area contributed by atoms with Crippen molar-refractivity contribution in [2.45, 2.75) is 25.9 Å². The Hall–Kier alpha value is -3.42. The van der Waals surface area contributed by atoms with Crippen LogP contribution < -0.4 is 0 Å². The van der Waals surface area contributed by atoms with Crippen LogP contribution in [0.15, 0.2) is 55.2 Å². The molecule has 31 heavy (non-hydrogen) atoms. The number of fused-ring (bicyclic) bond motifs is 1. The molecule has 8 nitrogen and oxygen atoms in total. The standard InChI is InChI=1S/C23H26N6O2/c1-16-5-2-3-6-18(16)22-19-13-28(23(31)20-7-4-9-24-20)11-17(19)12-29(22)21(30)8-10-27-14-25-26-15-27/h2-7,9,14-15,17,19,22,24H,8,10-13H2,1H3/t17-,19-,22-/m0/s1. The van der Waals surface area contributed by atoms with Gasteiger partial charge in [-0.05, 0) is 30.2 Å². The molecule has 0 aliphatic carbocycles. The first kappa shape index (κ1) is 19.5. The Balaban J connectivity index is 1.38. The lowest BCUT2D eigenvalue weighted by atomic mass is 9.87. The summed E-state index contributed by atoms with van der Waals surface area (Å²) in [4.78, 5) is 33.1. The van der Waals surface area contributed by atoms with Crippen LogP contribution in [0.1, 0.15) is 34.1 Å². The summed E-state index contributed by atoms with van der Waals surface area (Å²) < 4.78 is 1.83. The van der Waals surface area contributed by atoms with E-state index in [-0.39, 0.29) is 29.7 Å². The molecule has 2 aliphatic rings. The van der Waals surface area contributed by atoms with Gasteiger partial charge < -0.3 is 19.4 Å². The van der Waals surface area contributed by atoms with Crippen LogP contribution in [0, 0.1) is 18.8 Å². The van der Waals surface area contributed by atoms with E-state index in [0.29, 0.717) is 38.3 Å². The molecule has 5 rings (SSSR count). The van der Waals surface area contributed by atoms with Gasteiger partial charge in [0, 0.05) is 50.6 Å². The Kier molecular flexibility index (Phi) is 5.05. The maximum atomic E-state index is 13.3. The van der Waals surface area contributed by atoms with Crippen molar-refractivity contribution in [3.8, 4) is 0 Å². The van der Waals surface area contributed by atoms with Gasteiger partial charge in [-0.3, -0.25) is 9.59 Å². The summed E-state index contributed by atoms with van der Waals surface area (Å²) >= 11 is 0. The molecular weight excluding hydrogens is 392 g/mol. The molecule has 0 spiro atoms. The van der Waals surface area contributed by atoms with Gasteiger partial charge in [-0.15, -0.1) is 10.2 Å². The average Bonchev–Trinajstić information content (AvgIpc) is 3.56. The highest BCUT2D eigenvalue weighted by Gasteiger charge is 2.50. The quantitative estimate of drug-likeness (QED) is 0.689. The second kappa shape index (κ2) is 8.02. The fourth-order valence-corrected chi connectivity index (χ4v) is 5.12. The molecule has 2 fully saturated rings. The zero-order chi connectivity index (χ0) is 21.4. The summed E-state index contributed by atoms with van der Waals surface area (Å²) in [7, 11) is 0. The number of nitrogens with one attached hydrogen (secondary N) is 1. The Bertz CT molecular complexity index is 1060. The van der Waals surface area contributed by atoms with Crippen molar-refractivity contribution in [3.63, 3.8) is 0 Å². The van der Waals surface area contributed by atoms with Gasteiger partial charge in [0.05, 0.1) is 6.04 Å². The number of hydrogen-bond donors (Lipinski definition) is 1. The summed E-state index contributed by atoms with van der Waals surface area (Å²) in [6.07, 6.45) is 5.45. The SMILES string of the molecule is Cc1ccccc1[C@H]1[C@H]2CN(C(=O)c3ccc[nH]3)C[C@H]2CN1C(=O)CCn1cnnc1. The van der Waals surface area contributed by atoms with Crippen molar-refractivity contribution in [2.75, 3.05) is 19.6 Å². The van der Waals surface area contributed by atoms with Crippen molar-refractivity contribution >= 4 is 11.8 Å². The summed E-state index contributed by atoms with van der Waals surface area (Å²) in [6, 6.07) is 11.9. The average molecular weight is 419 g/mol. The fourth-order valence-electron chi connectivity index (χ4n) is 5.12. The maximum absolute atomic E-state index is 13.3. The first-order valence-corrected chi connectivity index (χ1v) is 10.7. The molecule has 1 aromatic carbocycles. The van der Waals surface area contributed by atoms with E-state index < -0.39 is 0 Å². The van der Waals surface area contributed by atoms with Gasteiger partial charge >= 0.3 is 0 Å². The van der Waals surface area contributed by atoms with E-state index in [0.717, 1.165) is 0 Å². The van der Waals surface area contributed by atoms with Crippen LogP contribution in [0.4, 0.5) is 0 Å². The minimum atomic E-state index is -0.0129. The highest BCUT2D eigenvalue weighted by Crippen LogP contribution is 2.46. The molecule has 4 heterocycles. The van der Waals surface area contributed by atoms with Crippen molar-refractivity contribution in [1.29, 1.82) is 0 Å². The second-order valence-corrected chi connectivity index (χ2v) is 8.52. The number of amides is 2. The van der Waals surface area contributed by atoms with E-state index in [4.69, 9.17) is 0 Å². The molecule has 0 radical (unpaired) electrons. The normalized spacial score (nSPS) is 22.7. The summed E-state index contributed by atoms with van der Waals surface area (Å²) in [5.41, 5.74) is 2.98. The van der Waals surface area contributed by atoms with Crippen molar-refractivity contribution in [2.24, 2.45) is 11.8 Å². The molecule has 2 saturated heterocycles. The number of carbonyl (C=O) groups excluding carboxylic acids is 2. The Morgan fingerprint density at radius 1 is 1.06 bits per heavy atom. The summed E-state index contributed by atoms with van der Waals surface area (Å²) in [5.74, 6) is 0.688. The summed E-state index contributed by atoms with van der Waals surface area (Å²) in [6.45, 7) is 4.69. The molecule has 3 atom stereocenters. The number of aryl methyl sites for hydroxylation is 2. The lowest BCUT2D eigenvalue weighted by Crippen LogP contribution is -2.38. The highest BCUT2D eigenvalue weighted by atomic mass is 16.2. The summed E-state index contributed by atoms with van der Waals surface area (Å²) in [5, 5.41) is 7.62. The van der Waals surface area contributed by atoms with Crippen LogP contribution in [0.25, 0.3) is 0 Å². The first-order valence-electron chi connectivity index (χ1n) is 10.7. The van der Waals surface area contributed by atoms with Gasteiger partial charge in [0.15, 0.2) is 0 Å². The smallest absolute Gasteiger partial charge is 0.270 e. The van der Waals surface area contributed by atoms with E-state index >= 15 is 0 Å². The van der Waals surface area contributed by atoms with Crippen LogP contribution in [-0.4, -0.2) is 61.0 Å². The third-order valence-corrected chi connectivity index (χ3v) is 6.66. The number of aromatic amines is 1. The molecule has 0 saturated carbocycles. The van der Waals surface area contributed by atoms with E-state index in [2.05, 4.69) is 34.2 Å². The first-order chi connectivity index (χ1) is 15.1. The minimum absolute atomic E-state index is 0.0129. The predicted molar refractivity (Wildman–Crippen MR) is 114 cm³/mol. The van der Waals surface area contributed by atoms with Crippen LogP contribution in [0.5, 0.6) is 0 Å². The molecule has 2 amide bonds. The van der Waals surface area contributed by atoms with Crippen molar-refractivity contribution in [1.82, 2.24) is 29.5 Å². The maximum Gasteiger partial charge on any atom is 0.270 e. The lowest BCUT2D eigenvalue weighted by Gasteiger charge is -2.31. The van der Waals surface area contributed by atoms with Gasteiger partial charge in [0.2, 0.25) is 5.91 Å². The van der Waals surface area contributed by atoms with Crippen LogP contribution in [0.3, 0.4) is 0 Å². The fraction of sp³-hybridized carbons (Fsp3) is 0.391. The molecule has 8 heteroatoms. The minimum Gasteiger partial charge on any atom is -0.357 e. The van der Waals surface area contributed by atoms with E-state index in [1.807, 2.05) is 38.6 Å². The molecule has 2 aliphatic heterocycles. The van der Waals surface area contributed by atoms with Gasteiger partial charge in [-0.2, -0.15) is 0 Å². The Labute approximate surface area is 180 Å². The van der Waals surface area contributed by atoms with Gasteiger partial charge in [0.1, 0.15) is 18.3 Å². The molecular formula is C23H26N6O2. The molecule has 3 aromatic rings. The third kappa shape index (κ3) is 3.62. The molecule has 0 bridgehead atoms. The predicted octanol–water partition coefficient (Wildman–Crippen LogP) is 2.28. The van der Waals surface area contributed by atoms with Gasteiger partial charge in [0.25, 0.3) is 5.91 Å². The third-order valence-electron chi connectivity index (χ3n) is 6.66. The number of rotatable bonds is 5. The number of H-pyrrole nitrogens is 1. The van der Waals surface area contributed by atoms with E-state index in [1.165, 1.54) is 11.1 Å². The van der Waals surface area contributed by atoms with Crippen LogP contribution in [-0.2, 0) is 11.3 Å². The number of nitrogens with zero attached hydrogens (tertiary/aromatic N) is 5. The molecule has 0 unspecified atom stereocenters. The van der Waals surface area contributed by atoms with E-state index in [1.54, 1.807) is 18.9 Å². The van der Waals surface area contributed by atoms with Gasteiger partial charge in [-0.25, -0.2) is 0 Å². The topological polar surface area (TPSA) is 87.1 Å². The van der Waals surface area contributed by atoms with Crippen molar-refractivity contribution in [3.05, 3.63) is 72.1 Å². The van der Waals surface area contributed by atoms with Gasteiger partial charge in [-0.1, -0.05) is 24.3 Å². The zero-order valence-corrected chi connectivity index (χ0v) is 17.5. The Morgan fingerprint density at radius 3 is 2.61 bits per heavy atom. The monoisotopic (exact) mass is 418 g/mol. The number of benzene rings is 1. The number of carbonyl (C=O) groups is 2. The molecule has 1 N–H and O–H groups in total. The largest absolute Gasteiger partial charge is 0.357 e. The zero-order valence-electron chi connectivity index (χ0n) is 17.5. The van der Waals surface area contributed by atoms with E-state index in [9.17, 15) is 9.59 Å². The number of aromatic nitrogens is 4.